The first-order valence-corrected chi connectivity index (χ1v) is 11.1. The lowest BCUT2D eigenvalue weighted by Gasteiger charge is -2.11. The van der Waals surface area contributed by atoms with Crippen LogP contribution >= 0.6 is 35.0 Å². The van der Waals surface area contributed by atoms with E-state index in [0.29, 0.717) is 21.0 Å². The number of carbonyl (C=O) groups excluding carboxylic acids is 1. The van der Waals surface area contributed by atoms with Gasteiger partial charge in [-0.1, -0.05) is 35.0 Å². The summed E-state index contributed by atoms with van der Waals surface area (Å²) < 4.78 is 1.90. The Morgan fingerprint density at radius 2 is 1.71 bits per heavy atom. The van der Waals surface area contributed by atoms with Crippen molar-refractivity contribution < 1.29 is 4.79 Å². The van der Waals surface area contributed by atoms with Crippen LogP contribution in [0.4, 0.5) is 5.69 Å². The first kappa shape index (κ1) is 21.4. The molecule has 9 heteroatoms. The molecule has 2 aromatic carbocycles. The highest BCUT2D eigenvalue weighted by atomic mass is 35.5. The highest BCUT2D eigenvalue weighted by Crippen LogP contribution is 2.28. The maximum atomic E-state index is 12.5. The number of rotatable bonds is 6. The van der Waals surface area contributed by atoms with Crippen molar-refractivity contribution in [1.29, 1.82) is 0 Å². The lowest BCUT2D eigenvalue weighted by Crippen LogP contribution is -2.15. The zero-order valence-electron chi connectivity index (χ0n) is 16.4. The summed E-state index contributed by atoms with van der Waals surface area (Å²) in [5.74, 6) is 0.678. The van der Waals surface area contributed by atoms with Crippen LogP contribution in [0, 0.1) is 6.92 Å². The van der Waals surface area contributed by atoms with E-state index in [4.69, 9.17) is 23.2 Å². The minimum Gasteiger partial charge on any atom is -0.325 e. The van der Waals surface area contributed by atoms with Crippen LogP contribution < -0.4 is 5.32 Å². The highest BCUT2D eigenvalue weighted by Gasteiger charge is 2.17. The number of pyridine rings is 1. The second-order valence-electron chi connectivity index (χ2n) is 6.65. The summed E-state index contributed by atoms with van der Waals surface area (Å²) in [6, 6.07) is 16.4. The van der Waals surface area contributed by atoms with Gasteiger partial charge < -0.3 is 5.32 Å². The van der Waals surface area contributed by atoms with Crippen LogP contribution in [0.5, 0.6) is 0 Å². The molecular weight excluding hydrogens is 453 g/mol. The van der Waals surface area contributed by atoms with Gasteiger partial charge >= 0.3 is 0 Å². The molecule has 4 aromatic rings. The number of hydrogen-bond donors (Lipinski definition) is 1. The number of halogens is 2. The third kappa shape index (κ3) is 5.07. The maximum absolute atomic E-state index is 12.5. The Labute approximate surface area is 193 Å². The van der Waals surface area contributed by atoms with Crippen LogP contribution in [0.3, 0.4) is 0 Å². The number of hydrogen-bond acceptors (Lipinski definition) is 5. The van der Waals surface area contributed by atoms with Crippen molar-refractivity contribution in [2.24, 2.45) is 0 Å². The molecule has 0 bridgehead atoms. The van der Waals surface area contributed by atoms with E-state index in [1.165, 1.54) is 11.8 Å². The quantitative estimate of drug-likeness (QED) is 0.368. The number of nitrogens with one attached hydrogen (secondary N) is 1. The Hall–Kier alpha value is -2.87. The third-order valence-corrected chi connectivity index (χ3v) is 5.87. The molecule has 0 aliphatic rings. The summed E-state index contributed by atoms with van der Waals surface area (Å²) >= 11 is 13.3. The molecule has 6 nitrogen and oxygen atoms in total. The zero-order chi connectivity index (χ0) is 21.8. The van der Waals surface area contributed by atoms with Crippen LogP contribution in [0.2, 0.25) is 10.0 Å². The molecule has 2 heterocycles. The van der Waals surface area contributed by atoms with Gasteiger partial charge in [0.25, 0.3) is 0 Å². The number of carbonyl (C=O) groups is 1. The van der Waals surface area contributed by atoms with Crippen LogP contribution in [-0.4, -0.2) is 31.4 Å². The second kappa shape index (κ2) is 9.51. The summed E-state index contributed by atoms with van der Waals surface area (Å²) in [6.45, 7) is 1.90. The van der Waals surface area contributed by atoms with Crippen molar-refractivity contribution in [3.05, 3.63) is 82.6 Å². The number of aromatic nitrogens is 4. The Morgan fingerprint density at radius 3 is 2.42 bits per heavy atom. The molecule has 156 valence electrons. The van der Waals surface area contributed by atoms with E-state index in [-0.39, 0.29) is 11.7 Å². The van der Waals surface area contributed by atoms with Gasteiger partial charge in [-0.3, -0.25) is 14.3 Å². The molecule has 0 radical (unpaired) electrons. The Morgan fingerprint density at radius 1 is 1.00 bits per heavy atom. The Bertz CT molecular complexity index is 1210. The summed E-state index contributed by atoms with van der Waals surface area (Å²) in [5, 5.41) is 13.4. The van der Waals surface area contributed by atoms with Crippen LogP contribution in [0.1, 0.15) is 5.56 Å². The molecular formula is C22H17Cl2N5OS. The monoisotopic (exact) mass is 469 g/mol. The lowest BCUT2D eigenvalue weighted by atomic mass is 10.2. The number of anilines is 1. The molecule has 1 N–H and O–H groups in total. The first-order valence-electron chi connectivity index (χ1n) is 9.32. The summed E-state index contributed by atoms with van der Waals surface area (Å²) in [5.41, 5.74) is 3.34. The Kier molecular flexibility index (Phi) is 6.56. The minimum absolute atomic E-state index is 0.147. The van der Waals surface area contributed by atoms with E-state index in [0.717, 1.165) is 22.5 Å². The standard InChI is InChI=1S/C22H17Cl2N5OS/c1-14-12-17(24)4-7-19(14)26-20(30)13-31-22-28-27-21(15-8-10-25-11-9-15)29(22)18-5-2-16(23)3-6-18/h2-12H,13H2,1H3,(H,26,30). The number of benzene rings is 2. The van der Waals surface area contributed by atoms with Crippen LogP contribution in [0.25, 0.3) is 17.1 Å². The zero-order valence-corrected chi connectivity index (χ0v) is 18.7. The predicted molar refractivity (Wildman–Crippen MR) is 125 cm³/mol. The van der Waals surface area contributed by atoms with E-state index < -0.39 is 0 Å². The number of nitrogens with zero attached hydrogens (tertiary/aromatic N) is 4. The van der Waals surface area contributed by atoms with Gasteiger partial charge in [0.05, 0.1) is 5.75 Å². The molecule has 0 aliphatic heterocycles. The Balaban J connectivity index is 1.58. The normalized spacial score (nSPS) is 10.8. The van der Waals surface area contributed by atoms with Gasteiger partial charge in [-0.2, -0.15) is 0 Å². The number of aryl methyl sites for hydroxylation is 1. The fourth-order valence-corrected chi connectivity index (χ4v) is 4.06. The molecule has 31 heavy (non-hydrogen) atoms. The van der Waals surface area contributed by atoms with Gasteiger partial charge in [-0.15, -0.1) is 10.2 Å². The molecule has 4 rings (SSSR count). The predicted octanol–water partition coefficient (Wildman–Crippen LogP) is 5.68. The fraction of sp³-hybridized carbons (Fsp3) is 0.0909. The van der Waals surface area contributed by atoms with E-state index in [1.54, 1.807) is 36.7 Å². The van der Waals surface area contributed by atoms with Gasteiger partial charge in [0.15, 0.2) is 11.0 Å². The minimum atomic E-state index is -0.147. The van der Waals surface area contributed by atoms with Crippen molar-refractivity contribution in [3.63, 3.8) is 0 Å². The van der Waals surface area contributed by atoms with Crippen molar-refractivity contribution in [1.82, 2.24) is 19.7 Å². The second-order valence-corrected chi connectivity index (χ2v) is 8.47. The van der Waals surface area contributed by atoms with E-state index in [1.807, 2.05) is 41.8 Å². The van der Waals surface area contributed by atoms with E-state index in [9.17, 15) is 4.79 Å². The summed E-state index contributed by atoms with van der Waals surface area (Å²) in [6.07, 6.45) is 3.40. The molecule has 2 aromatic heterocycles. The van der Waals surface area contributed by atoms with E-state index >= 15 is 0 Å². The third-order valence-electron chi connectivity index (χ3n) is 4.45. The lowest BCUT2D eigenvalue weighted by molar-refractivity contribution is -0.113. The molecule has 0 saturated heterocycles. The topological polar surface area (TPSA) is 72.7 Å². The molecule has 0 fully saturated rings. The van der Waals surface area contributed by atoms with Gasteiger partial charge in [0.1, 0.15) is 0 Å². The van der Waals surface area contributed by atoms with E-state index in [2.05, 4.69) is 20.5 Å². The van der Waals surface area contributed by atoms with Crippen molar-refractivity contribution in [2.45, 2.75) is 12.1 Å². The molecule has 0 saturated carbocycles. The largest absolute Gasteiger partial charge is 0.325 e. The summed E-state index contributed by atoms with van der Waals surface area (Å²) in [4.78, 5) is 16.6. The number of thioether (sulfide) groups is 1. The van der Waals surface area contributed by atoms with Crippen LogP contribution in [-0.2, 0) is 4.79 Å². The average Bonchev–Trinajstić information content (AvgIpc) is 3.19. The highest BCUT2D eigenvalue weighted by molar-refractivity contribution is 7.99. The smallest absolute Gasteiger partial charge is 0.234 e. The summed E-state index contributed by atoms with van der Waals surface area (Å²) in [7, 11) is 0. The van der Waals surface area contributed by atoms with Crippen molar-refractivity contribution >= 4 is 46.6 Å². The number of amides is 1. The van der Waals surface area contributed by atoms with Crippen molar-refractivity contribution in [2.75, 3.05) is 11.1 Å². The van der Waals surface area contributed by atoms with Crippen LogP contribution in [0.15, 0.2) is 72.1 Å². The maximum Gasteiger partial charge on any atom is 0.234 e. The van der Waals surface area contributed by atoms with Gasteiger partial charge in [0.2, 0.25) is 5.91 Å². The van der Waals surface area contributed by atoms with Gasteiger partial charge in [-0.05, 0) is 67.1 Å². The molecule has 0 atom stereocenters. The van der Waals surface area contributed by atoms with Gasteiger partial charge in [0, 0.05) is 39.4 Å². The average molecular weight is 470 g/mol. The van der Waals surface area contributed by atoms with Crippen molar-refractivity contribution in [3.8, 4) is 17.1 Å². The fourth-order valence-electron chi connectivity index (χ4n) is 2.96. The van der Waals surface area contributed by atoms with Gasteiger partial charge in [-0.25, -0.2) is 0 Å². The molecule has 1 amide bonds. The first-order chi connectivity index (χ1) is 15.0. The SMILES string of the molecule is Cc1cc(Cl)ccc1NC(=O)CSc1nnc(-c2ccncc2)n1-c1ccc(Cl)cc1. The molecule has 0 unspecified atom stereocenters. The molecule has 0 aliphatic carbocycles. The molecule has 0 spiro atoms.